The molecule has 192 valence electrons. The Morgan fingerprint density at radius 2 is 1.03 bits per heavy atom. The van der Waals surface area contributed by atoms with Gasteiger partial charge in [-0.05, 0) is 13.8 Å². The van der Waals surface area contributed by atoms with Gasteiger partial charge in [0.15, 0.2) is 0 Å². The van der Waals surface area contributed by atoms with Crippen molar-refractivity contribution in [3.63, 3.8) is 0 Å². The van der Waals surface area contributed by atoms with Gasteiger partial charge in [0.2, 0.25) is 0 Å². The minimum Gasteiger partial charge on any atom is -0.460 e. The number of rotatable bonds is 18. The zero-order valence-electron chi connectivity index (χ0n) is 19.8. The van der Waals surface area contributed by atoms with E-state index < -0.39 is 24.1 Å². The van der Waals surface area contributed by atoms with Crippen molar-refractivity contribution < 1.29 is 38.1 Å². The summed E-state index contributed by atoms with van der Waals surface area (Å²) in [6.07, 6.45) is -1.14. The van der Waals surface area contributed by atoms with Crippen LogP contribution in [0.15, 0.2) is 36.5 Å². The third-order valence-electron chi connectivity index (χ3n) is 3.44. The molecule has 0 saturated carbocycles. The number of carbonyl (C=O) groups is 4. The summed E-state index contributed by atoms with van der Waals surface area (Å²) in [7, 11) is 0. The van der Waals surface area contributed by atoms with Gasteiger partial charge in [0, 0.05) is 34.2 Å². The molecule has 0 aromatic carbocycles. The van der Waals surface area contributed by atoms with Gasteiger partial charge in [-0.1, -0.05) is 25.3 Å². The van der Waals surface area contributed by atoms with E-state index in [1.165, 1.54) is 0 Å². The van der Waals surface area contributed by atoms with Crippen LogP contribution in [0.2, 0.25) is 0 Å². The van der Waals surface area contributed by atoms with Crippen molar-refractivity contribution in [1.29, 1.82) is 0 Å². The quantitative estimate of drug-likeness (QED) is 0.0918. The SMILES string of the molecule is C=C(CSCCOC(=O)NCCOC(=O)C(=C)C)CSCCOC(=O)NCCOC(=O)C(=C)C. The van der Waals surface area contributed by atoms with Crippen LogP contribution in [-0.4, -0.2) is 86.7 Å². The van der Waals surface area contributed by atoms with Crippen LogP contribution in [0.4, 0.5) is 9.59 Å². The fraction of sp³-hybridized carbons (Fsp3) is 0.545. The first-order valence-corrected chi connectivity index (χ1v) is 12.7. The molecule has 2 amide bonds. The molecule has 0 unspecified atom stereocenters. The van der Waals surface area contributed by atoms with Crippen LogP contribution in [0, 0.1) is 0 Å². The van der Waals surface area contributed by atoms with Gasteiger partial charge in [-0.2, -0.15) is 23.5 Å². The van der Waals surface area contributed by atoms with E-state index in [4.69, 9.17) is 18.9 Å². The molecule has 0 saturated heterocycles. The molecule has 0 aliphatic rings. The van der Waals surface area contributed by atoms with E-state index in [1.807, 2.05) is 0 Å². The Labute approximate surface area is 209 Å². The molecule has 10 nitrogen and oxygen atoms in total. The zero-order chi connectivity index (χ0) is 25.8. The number of thioether (sulfide) groups is 2. The predicted molar refractivity (Wildman–Crippen MR) is 134 cm³/mol. The number of esters is 2. The van der Waals surface area contributed by atoms with E-state index in [-0.39, 0.29) is 39.5 Å². The van der Waals surface area contributed by atoms with Crippen LogP contribution in [0.5, 0.6) is 0 Å². The van der Waals surface area contributed by atoms with Crippen LogP contribution in [0.1, 0.15) is 13.8 Å². The highest BCUT2D eigenvalue weighted by Crippen LogP contribution is 2.12. The second kappa shape index (κ2) is 19.8. The van der Waals surface area contributed by atoms with Crippen molar-refractivity contribution >= 4 is 47.6 Å². The number of hydrogen-bond donors (Lipinski definition) is 2. The Morgan fingerprint density at radius 1 is 0.647 bits per heavy atom. The second-order valence-electron chi connectivity index (χ2n) is 6.81. The minimum absolute atomic E-state index is 0.0513. The van der Waals surface area contributed by atoms with Crippen molar-refractivity contribution in [2.75, 3.05) is 62.5 Å². The molecule has 34 heavy (non-hydrogen) atoms. The van der Waals surface area contributed by atoms with Gasteiger partial charge < -0.3 is 29.6 Å². The third kappa shape index (κ3) is 18.9. The lowest BCUT2D eigenvalue weighted by molar-refractivity contribution is -0.139. The summed E-state index contributed by atoms with van der Waals surface area (Å²) in [6, 6.07) is 0. The van der Waals surface area contributed by atoms with Crippen LogP contribution in [0.3, 0.4) is 0 Å². The maximum atomic E-state index is 11.5. The summed E-state index contributed by atoms with van der Waals surface area (Å²) in [5.74, 6) is 1.68. The average molecular weight is 519 g/mol. The summed E-state index contributed by atoms with van der Waals surface area (Å²) in [5.41, 5.74) is 1.61. The van der Waals surface area contributed by atoms with E-state index in [0.29, 0.717) is 22.7 Å². The number of nitrogens with one attached hydrogen (secondary N) is 2. The van der Waals surface area contributed by atoms with Crippen molar-refractivity contribution in [3.8, 4) is 0 Å². The summed E-state index contributed by atoms with van der Waals surface area (Å²) in [5, 5.41) is 4.97. The first-order valence-electron chi connectivity index (χ1n) is 10.4. The summed E-state index contributed by atoms with van der Waals surface area (Å²) < 4.78 is 19.7. The van der Waals surface area contributed by atoms with Crippen LogP contribution in [-0.2, 0) is 28.5 Å². The van der Waals surface area contributed by atoms with Crippen molar-refractivity contribution in [1.82, 2.24) is 10.6 Å². The van der Waals surface area contributed by atoms with E-state index in [1.54, 1.807) is 37.4 Å². The minimum atomic E-state index is -0.571. The second-order valence-corrected chi connectivity index (χ2v) is 9.02. The summed E-state index contributed by atoms with van der Waals surface area (Å²) >= 11 is 3.18. The standard InChI is InChI=1S/C22H34N2O8S2/c1-16(2)19(25)29-8-6-23-21(27)31-10-12-33-14-18(5)15-34-13-11-32-22(28)24-7-9-30-20(26)17(3)4/h1,3,5-15H2,2,4H3,(H,23,27)(H,24,28). The van der Waals surface area contributed by atoms with Crippen molar-refractivity contribution in [3.05, 3.63) is 36.5 Å². The molecular formula is C22H34N2O8S2. The highest BCUT2D eigenvalue weighted by Gasteiger charge is 2.06. The number of hydrogen-bond acceptors (Lipinski definition) is 10. The molecule has 0 radical (unpaired) electrons. The number of alkyl carbamates (subject to hydrolysis) is 2. The molecule has 0 aliphatic carbocycles. The van der Waals surface area contributed by atoms with Gasteiger partial charge in [0.1, 0.15) is 26.4 Å². The fourth-order valence-corrected chi connectivity index (χ4v) is 3.41. The number of amides is 2. The first-order chi connectivity index (χ1) is 16.1. The molecule has 2 N–H and O–H groups in total. The van der Waals surface area contributed by atoms with E-state index in [2.05, 4.69) is 30.4 Å². The van der Waals surface area contributed by atoms with Gasteiger partial charge in [-0.25, -0.2) is 19.2 Å². The Bertz CT molecular complexity index is 670. The highest BCUT2D eigenvalue weighted by molar-refractivity contribution is 8.00. The molecule has 0 aliphatic heterocycles. The molecule has 0 rings (SSSR count). The van der Waals surface area contributed by atoms with Crippen LogP contribution in [0.25, 0.3) is 0 Å². The van der Waals surface area contributed by atoms with Gasteiger partial charge >= 0.3 is 24.1 Å². The normalized spacial score (nSPS) is 9.94. The molecule has 0 spiro atoms. The number of carbonyl (C=O) groups excluding carboxylic acids is 4. The molecule has 0 fully saturated rings. The Morgan fingerprint density at radius 3 is 1.38 bits per heavy atom. The molecule has 0 aromatic heterocycles. The molecule has 12 heteroatoms. The topological polar surface area (TPSA) is 129 Å². The number of ether oxygens (including phenoxy) is 4. The zero-order valence-corrected chi connectivity index (χ0v) is 21.4. The van der Waals surface area contributed by atoms with Gasteiger partial charge in [-0.15, -0.1) is 0 Å². The maximum Gasteiger partial charge on any atom is 0.407 e. The molecule has 0 bridgehead atoms. The maximum absolute atomic E-state index is 11.5. The van der Waals surface area contributed by atoms with Crippen molar-refractivity contribution in [2.45, 2.75) is 13.8 Å². The molecule has 0 heterocycles. The molecule has 0 atom stereocenters. The van der Waals surface area contributed by atoms with E-state index >= 15 is 0 Å². The largest absolute Gasteiger partial charge is 0.460 e. The Kier molecular flexibility index (Phi) is 18.3. The first kappa shape index (κ1) is 31.4. The molecule has 0 aromatic rings. The highest BCUT2D eigenvalue weighted by atomic mass is 32.2. The van der Waals surface area contributed by atoms with Gasteiger partial charge in [0.05, 0.1) is 13.1 Å². The lowest BCUT2D eigenvalue weighted by Crippen LogP contribution is -2.29. The Hall–Kier alpha value is -2.60. The van der Waals surface area contributed by atoms with Crippen LogP contribution >= 0.6 is 23.5 Å². The lowest BCUT2D eigenvalue weighted by Gasteiger charge is -2.09. The van der Waals surface area contributed by atoms with Gasteiger partial charge in [0.25, 0.3) is 0 Å². The third-order valence-corrected chi connectivity index (χ3v) is 5.58. The van der Waals surface area contributed by atoms with E-state index in [0.717, 1.165) is 17.1 Å². The monoisotopic (exact) mass is 518 g/mol. The predicted octanol–water partition coefficient (Wildman–Crippen LogP) is 2.70. The molecular weight excluding hydrogens is 484 g/mol. The summed E-state index contributed by atoms with van der Waals surface area (Å²) in [6.45, 7) is 14.9. The lowest BCUT2D eigenvalue weighted by atomic mass is 10.4. The van der Waals surface area contributed by atoms with E-state index in [9.17, 15) is 19.2 Å². The summed E-state index contributed by atoms with van der Waals surface area (Å²) in [4.78, 5) is 45.4. The smallest absolute Gasteiger partial charge is 0.407 e. The average Bonchev–Trinajstić information content (AvgIpc) is 2.78. The van der Waals surface area contributed by atoms with Crippen LogP contribution < -0.4 is 10.6 Å². The fourth-order valence-electron chi connectivity index (χ4n) is 1.80. The van der Waals surface area contributed by atoms with Gasteiger partial charge in [-0.3, -0.25) is 0 Å². The Balaban J connectivity index is 3.54. The van der Waals surface area contributed by atoms with Crippen molar-refractivity contribution in [2.24, 2.45) is 0 Å².